The maximum absolute atomic E-state index is 13.0. The summed E-state index contributed by atoms with van der Waals surface area (Å²) < 4.78 is 0. The molecule has 0 spiro atoms. The summed E-state index contributed by atoms with van der Waals surface area (Å²) in [5, 5.41) is 3.14. The van der Waals surface area contributed by atoms with Crippen LogP contribution in [0.5, 0.6) is 0 Å². The summed E-state index contributed by atoms with van der Waals surface area (Å²) in [6.07, 6.45) is 10.0. The van der Waals surface area contributed by atoms with Crippen molar-refractivity contribution in [3.8, 4) is 11.4 Å². The summed E-state index contributed by atoms with van der Waals surface area (Å²) in [6.45, 7) is 4.54. The van der Waals surface area contributed by atoms with Gasteiger partial charge in [0.1, 0.15) is 0 Å². The van der Waals surface area contributed by atoms with Crippen molar-refractivity contribution in [1.82, 2.24) is 25.2 Å². The molecule has 1 aromatic carbocycles. The molecular formula is C25H29N5O. The van der Waals surface area contributed by atoms with E-state index in [0.717, 1.165) is 18.7 Å². The highest BCUT2D eigenvalue weighted by Crippen LogP contribution is 2.24. The number of carbonyl (C=O) groups excluding carboxylic acids is 1. The Morgan fingerprint density at radius 1 is 1.03 bits per heavy atom. The van der Waals surface area contributed by atoms with E-state index in [4.69, 9.17) is 0 Å². The highest BCUT2D eigenvalue weighted by atomic mass is 16.1. The molecule has 0 aliphatic carbocycles. The molecule has 0 radical (unpaired) electrons. The van der Waals surface area contributed by atoms with Crippen molar-refractivity contribution >= 4 is 5.91 Å². The molecule has 0 unspecified atom stereocenters. The molecule has 3 heterocycles. The largest absolute Gasteiger partial charge is 0.350 e. The zero-order valence-electron chi connectivity index (χ0n) is 18.0. The number of nitrogens with zero attached hydrogens (tertiary/aromatic N) is 4. The number of benzene rings is 1. The van der Waals surface area contributed by atoms with Crippen molar-refractivity contribution in [3.05, 3.63) is 77.9 Å². The Hall–Kier alpha value is -3.12. The second-order valence-electron chi connectivity index (χ2n) is 8.02. The van der Waals surface area contributed by atoms with Crippen molar-refractivity contribution < 1.29 is 4.79 Å². The van der Waals surface area contributed by atoms with Crippen molar-refractivity contribution in [2.45, 2.75) is 38.6 Å². The third-order valence-electron chi connectivity index (χ3n) is 5.87. The molecule has 3 aromatic rings. The van der Waals surface area contributed by atoms with Gasteiger partial charge in [0.05, 0.1) is 17.3 Å². The zero-order valence-corrected chi connectivity index (χ0v) is 18.0. The van der Waals surface area contributed by atoms with Gasteiger partial charge in [-0.3, -0.25) is 14.7 Å². The predicted octanol–water partition coefficient (Wildman–Crippen LogP) is 4.19. The van der Waals surface area contributed by atoms with E-state index < -0.39 is 0 Å². The van der Waals surface area contributed by atoms with E-state index in [-0.39, 0.29) is 11.9 Å². The fourth-order valence-electron chi connectivity index (χ4n) is 4.15. The molecule has 2 aromatic heterocycles. The summed E-state index contributed by atoms with van der Waals surface area (Å²) in [7, 11) is 0. The standard InChI is InChI=1S/C25H29N5O/c1-19-22(17-27-24(29-19)21-12-9-13-26-16-21)25(31)28-18-23(20-10-5-4-6-11-20)30-14-7-2-3-8-15-30/h4-6,9-13,16-17,23H,2-3,7-8,14-15,18H2,1H3,(H,28,31)/t23-/m0/s1. The minimum Gasteiger partial charge on any atom is -0.350 e. The van der Waals surface area contributed by atoms with Crippen LogP contribution in [0.4, 0.5) is 0 Å². The smallest absolute Gasteiger partial charge is 0.254 e. The quantitative estimate of drug-likeness (QED) is 0.653. The topological polar surface area (TPSA) is 71.0 Å². The lowest BCUT2D eigenvalue weighted by atomic mass is 10.0. The van der Waals surface area contributed by atoms with E-state index in [1.165, 1.54) is 31.2 Å². The second kappa shape index (κ2) is 10.3. The Bertz CT molecular complexity index is 985. The molecule has 0 bridgehead atoms. The number of aryl methyl sites for hydroxylation is 1. The SMILES string of the molecule is Cc1nc(-c2cccnc2)ncc1C(=O)NC[C@@H](c1ccccc1)N1CCCCCC1. The van der Waals surface area contributed by atoms with E-state index in [9.17, 15) is 4.79 Å². The number of pyridine rings is 1. The monoisotopic (exact) mass is 415 g/mol. The summed E-state index contributed by atoms with van der Waals surface area (Å²) in [6, 6.07) is 14.4. The summed E-state index contributed by atoms with van der Waals surface area (Å²) in [5.74, 6) is 0.444. The van der Waals surface area contributed by atoms with Gasteiger partial charge in [0.25, 0.3) is 5.91 Å². The van der Waals surface area contributed by atoms with Crippen molar-refractivity contribution in [2.75, 3.05) is 19.6 Å². The third-order valence-corrected chi connectivity index (χ3v) is 5.87. The Labute approximate surface area is 183 Å². The highest BCUT2D eigenvalue weighted by molar-refractivity contribution is 5.95. The van der Waals surface area contributed by atoms with E-state index in [1.807, 2.05) is 25.1 Å². The Balaban J connectivity index is 1.48. The van der Waals surface area contributed by atoms with Gasteiger partial charge in [0.15, 0.2) is 5.82 Å². The molecule has 4 rings (SSSR count). The van der Waals surface area contributed by atoms with Crippen molar-refractivity contribution in [1.29, 1.82) is 0 Å². The van der Waals surface area contributed by atoms with Gasteiger partial charge < -0.3 is 5.32 Å². The molecule has 6 heteroatoms. The van der Waals surface area contributed by atoms with Crippen LogP contribution < -0.4 is 5.32 Å². The molecule has 160 valence electrons. The molecule has 0 saturated carbocycles. The van der Waals surface area contributed by atoms with Gasteiger partial charge in [0, 0.05) is 30.7 Å². The van der Waals surface area contributed by atoms with Crippen LogP contribution in [0.2, 0.25) is 0 Å². The fraction of sp³-hybridized carbons (Fsp3) is 0.360. The maximum Gasteiger partial charge on any atom is 0.254 e. The van der Waals surface area contributed by atoms with Gasteiger partial charge in [-0.05, 0) is 50.6 Å². The first kappa shape index (κ1) is 21.1. The summed E-state index contributed by atoms with van der Waals surface area (Å²) >= 11 is 0. The molecule has 31 heavy (non-hydrogen) atoms. The fourth-order valence-corrected chi connectivity index (χ4v) is 4.15. The first-order valence-electron chi connectivity index (χ1n) is 11.0. The molecule has 1 atom stereocenters. The number of rotatable bonds is 6. The van der Waals surface area contributed by atoms with Crippen LogP contribution in [-0.2, 0) is 0 Å². The van der Waals surface area contributed by atoms with Crippen LogP contribution in [0.25, 0.3) is 11.4 Å². The average Bonchev–Trinajstić information content (AvgIpc) is 3.10. The van der Waals surface area contributed by atoms with Crippen molar-refractivity contribution in [3.63, 3.8) is 0 Å². The Morgan fingerprint density at radius 3 is 2.48 bits per heavy atom. The molecular weight excluding hydrogens is 386 g/mol. The van der Waals surface area contributed by atoms with E-state index >= 15 is 0 Å². The number of nitrogens with one attached hydrogen (secondary N) is 1. The van der Waals surface area contributed by atoms with Crippen LogP contribution >= 0.6 is 0 Å². The van der Waals surface area contributed by atoms with Crippen molar-refractivity contribution in [2.24, 2.45) is 0 Å². The van der Waals surface area contributed by atoms with E-state index in [1.54, 1.807) is 18.6 Å². The number of amides is 1. The second-order valence-corrected chi connectivity index (χ2v) is 8.02. The van der Waals surface area contributed by atoms with Crippen LogP contribution in [0.15, 0.2) is 61.1 Å². The van der Waals surface area contributed by atoms with Gasteiger partial charge in [-0.25, -0.2) is 9.97 Å². The molecule has 1 saturated heterocycles. The van der Waals surface area contributed by atoms with Gasteiger partial charge >= 0.3 is 0 Å². The minimum absolute atomic E-state index is 0.133. The van der Waals surface area contributed by atoms with Crippen LogP contribution in [0, 0.1) is 6.92 Å². The molecule has 1 fully saturated rings. The molecule has 1 aliphatic heterocycles. The number of hydrogen-bond acceptors (Lipinski definition) is 5. The third kappa shape index (κ3) is 5.33. The molecule has 1 aliphatic rings. The first-order valence-corrected chi connectivity index (χ1v) is 11.0. The highest BCUT2D eigenvalue weighted by Gasteiger charge is 2.23. The number of likely N-dealkylation sites (tertiary alicyclic amines) is 1. The van der Waals surface area contributed by atoms with Crippen LogP contribution in [0.1, 0.15) is 53.3 Å². The normalized spacial score (nSPS) is 15.8. The lowest BCUT2D eigenvalue weighted by Gasteiger charge is -2.31. The lowest BCUT2D eigenvalue weighted by molar-refractivity contribution is 0.0932. The van der Waals surface area contributed by atoms with Gasteiger partial charge in [-0.1, -0.05) is 43.2 Å². The zero-order chi connectivity index (χ0) is 21.5. The minimum atomic E-state index is -0.133. The molecule has 6 nitrogen and oxygen atoms in total. The Morgan fingerprint density at radius 2 is 1.81 bits per heavy atom. The Kier molecular flexibility index (Phi) is 6.99. The number of carbonyl (C=O) groups is 1. The van der Waals surface area contributed by atoms with Gasteiger partial charge in [-0.2, -0.15) is 0 Å². The summed E-state index contributed by atoms with van der Waals surface area (Å²) in [4.78, 5) is 28.5. The van der Waals surface area contributed by atoms with E-state index in [2.05, 4.69) is 49.4 Å². The van der Waals surface area contributed by atoms with Crippen LogP contribution in [-0.4, -0.2) is 45.4 Å². The number of aromatic nitrogens is 3. The maximum atomic E-state index is 13.0. The van der Waals surface area contributed by atoms with Gasteiger partial charge in [-0.15, -0.1) is 0 Å². The molecule has 1 N–H and O–H groups in total. The average molecular weight is 416 g/mol. The first-order chi connectivity index (χ1) is 15.2. The van der Waals surface area contributed by atoms with Gasteiger partial charge in [0.2, 0.25) is 0 Å². The molecule has 1 amide bonds. The predicted molar refractivity (Wildman–Crippen MR) is 122 cm³/mol. The number of hydrogen-bond donors (Lipinski definition) is 1. The summed E-state index contributed by atoms with van der Waals surface area (Å²) in [5.41, 5.74) is 3.25. The van der Waals surface area contributed by atoms with Crippen LogP contribution in [0.3, 0.4) is 0 Å². The van der Waals surface area contributed by atoms with E-state index in [0.29, 0.717) is 23.6 Å². The lowest BCUT2D eigenvalue weighted by Crippen LogP contribution is -2.39.